The molecule has 0 spiro atoms. The number of esters is 1. The predicted molar refractivity (Wildman–Crippen MR) is 130 cm³/mol. The lowest BCUT2D eigenvalue weighted by Crippen LogP contribution is -2.41. The highest BCUT2D eigenvalue weighted by Crippen LogP contribution is 2.40. The molecule has 35 heavy (non-hydrogen) atoms. The van der Waals surface area contributed by atoms with Gasteiger partial charge in [-0.05, 0) is 18.4 Å². The largest absolute Gasteiger partial charge is 0.469 e. The van der Waals surface area contributed by atoms with E-state index in [1.54, 1.807) is 11.7 Å². The zero-order chi connectivity index (χ0) is 25.3. The van der Waals surface area contributed by atoms with Gasteiger partial charge in [-0.3, -0.25) is 19.2 Å². The van der Waals surface area contributed by atoms with E-state index in [1.807, 2.05) is 18.2 Å². The van der Waals surface area contributed by atoms with Crippen LogP contribution in [0.1, 0.15) is 58.4 Å². The number of carbonyl (C=O) groups is 3. The molecule has 1 saturated carbocycles. The smallest absolute Gasteiger partial charge is 0.307 e. The van der Waals surface area contributed by atoms with Crippen LogP contribution in [0.4, 0.5) is 0 Å². The van der Waals surface area contributed by atoms with Crippen molar-refractivity contribution in [3.8, 4) is 0 Å². The van der Waals surface area contributed by atoms with E-state index in [2.05, 4.69) is 27.5 Å². The Kier molecular flexibility index (Phi) is 9.19. The van der Waals surface area contributed by atoms with E-state index in [1.165, 1.54) is 25.1 Å². The molecule has 9 nitrogen and oxygen atoms in total. The number of hydrogen-bond donors (Lipinski definition) is 2. The number of nitrogens with one attached hydrogen (secondary N) is 2. The van der Waals surface area contributed by atoms with Crippen molar-refractivity contribution in [3.63, 3.8) is 0 Å². The van der Waals surface area contributed by atoms with Crippen molar-refractivity contribution >= 4 is 17.8 Å². The van der Waals surface area contributed by atoms with Crippen LogP contribution < -0.4 is 16.1 Å². The van der Waals surface area contributed by atoms with Gasteiger partial charge in [0, 0.05) is 44.6 Å². The summed E-state index contributed by atoms with van der Waals surface area (Å²) in [6.45, 7) is 1.11. The molecule has 2 N–H and O–H groups in total. The molecular formula is C26H33N3O6. The molecule has 3 rings (SSSR count). The van der Waals surface area contributed by atoms with E-state index < -0.39 is 23.2 Å². The van der Waals surface area contributed by atoms with Gasteiger partial charge < -0.3 is 24.7 Å². The summed E-state index contributed by atoms with van der Waals surface area (Å²) in [4.78, 5) is 50.3. The summed E-state index contributed by atoms with van der Waals surface area (Å²) in [6, 6.07) is 10.1. The number of nitrogens with zero attached hydrogens (tertiary/aromatic N) is 1. The highest BCUT2D eigenvalue weighted by atomic mass is 16.5. The van der Waals surface area contributed by atoms with Crippen molar-refractivity contribution in [2.24, 2.45) is 0 Å². The number of benzene rings is 1. The number of methoxy groups -OCH3 is 2. The van der Waals surface area contributed by atoms with Crippen LogP contribution in [0.2, 0.25) is 0 Å². The fourth-order valence-corrected chi connectivity index (χ4v) is 4.51. The monoisotopic (exact) mass is 483 g/mol. The van der Waals surface area contributed by atoms with E-state index in [0.717, 1.165) is 25.7 Å². The molecule has 1 fully saturated rings. The average molecular weight is 484 g/mol. The van der Waals surface area contributed by atoms with E-state index in [0.29, 0.717) is 19.7 Å². The molecule has 0 radical (unpaired) electrons. The van der Waals surface area contributed by atoms with Crippen LogP contribution in [0.25, 0.3) is 0 Å². The molecule has 9 heteroatoms. The third-order valence-electron chi connectivity index (χ3n) is 6.50. The van der Waals surface area contributed by atoms with Crippen LogP contribution in [-0.2, 0) is 26.2 Å². The Morgan fingerprint density at radius 1 is 0.971 bits per heavy atom. The number of ether oxygens (including phenoxy) is 2. The van der Waals surface area contributed by atoms with Gasteiger partial charge in [0.05, 0.1) is 20.1 Å². The van der Waals surface area contributed by atoms with E-state index in [4.69, 9.17) is 4.74 Å². The van der Waals surface area contributed by atoms with Crippen LogP contribution in [-0.4, -0.2) is 56.3 Å². The summed E-state index contributed by atoms with van der Waals surface area (Å²) in [6.07, 6.45) is 6.89. The number of hydrogen-bond acceptors (Lipinski definition) is 6. The standard InChI is InChI=1S/C26H33N3O6/c1-34-15-14-29-16-20(24(32)27-13-10-22(30)35-2)23(31)21(17-29)25(33)28-18-26(11-6-7-12-26)19-8-4-3-5-9-19/h3-5,8-9,16-17H,6-7,10-15,18H2,1-2H3,(H,27,32)(H,28,33). The SMILES string of the molecule is COCCn1cc(C(=O)NCCC(=O)OC)c(=O)c(C(=O)NCC2(c3ccccc3)CCCC2)c1. The van der Waals surface area contributed by atoms with Gasteiger partial charge in [-0.1, -0.05) is 43.2 Å². The van der Waals surface area contributed by atoms with Gasteiger partial charge in [-0.2, -0.15) is 0 Å². The van der Waals surface area contributed by atoms with Crippen LogP contribution in [0.5, 0.6) is 0 Å². The molecule has 0 unspecified atom stereocenters. The van der Waals surface area contributed by atoms with Crippen LogP contribution >= 0.6 is 0 Å². The van der Waals surface area contributed by atoms with Crippen molar-refractivity contribution in [2.75, 3.05) is 33.9 Å². The van der Waals surface area contributed by atoms with Crippen molar-refractivity contribution in [1.29, 1.82) is 0 Å². The van der Waals surface area contributed by atoms with Gasteiger partial charge in [0.1, 0.15) is 11.1 Å². The Bertz CT molecular complexity index is 1090. The first-order valence-corrected chi connectivity index (χ1v) is 11.8. The van der Waals surface area contributed by atoms with E-state index >= 15 is 0 Å². The molecule has 1 aliphatic carbocycles. The van der Waals surface area contributed by atoms with Gasteiger partial charge in [-0.15, -0.1) is 0 Å². The summed E-state index contributed by atoms with van der Waals surface area (Å²) in [5.41, 5.74) is 0.0654. The summed E-state index contributed by atoms with van der Waals surface area (Å²) in [7, 11) is 2.80. The van der Waals surface area contributed by atoms with Crippen molar-refractivity contribution in [1.82, 2.24) is 15.2 Å². The molecule has 2 aromatic rings. The van der Waals surface area contributed by atoms with Gasteiger partial charge in [0.15, 0.2) is 0 Å². The van der Waals surface area contributed by atoms with Gasteiger partial charge in [0.2, 0.25) is 5.43 Å². The zero-order valence-corrected chi connectivity index (χ0v) is 20.3. The zero-order valence-electron chi connectivity index (χ0n) is 20.3. The lowest BCUT2D eigenvalue weighted by molar-refractivity contribution is -0.140. The molecule has 1 heterocycles. The molecule has 2 amide bonds. The molecule has 0 atom stereocenters. The minimum Gasteiger partial charge on any atom is -0.469 e. The Labute approximate surface area is 204 Å². The van der Waals surface area contributed by atoms with Crippen molar-refractivity contribution < 1.29 is 23.9 Å². The lowest BCUT2D eigenvalue weighted by atomic mass is 9.79. The quantitative estimate of drug-likeness (QED) is 0.473. The highest BCUT2D eigenvalue weighted by Gasteiger charge is 2.36. The van der Waals surface area contributed by atoms with E-state index in [-0.39, 0.29) is 29.5 Å². The van der Waals surface area contributed by atoms with Crippen molar-refractivity contribution in [3.05, 3.63) is 69.6 Å². The Morgan fingerprint density at radius 2 is 1.60 bits per heavy atom. The minimum absolute atomic E-state index is 0.0129. The maximum absolute atomic E-state index is 13.2. The van der Waals surface area contributed by atoms with E-state index in [9.17, 15) is 19.2 Å². The minimum atomic E-state index is -0.660. The number of aromatic nitrogens is 1. The number of amides is 2. The molecule has 0 aliphatic heterocycles. The Morgan fingerprint density at radius 3 is 2.20 bits per heavy atom. The molecule has 1 aromatic heterocycles. The first kappa shape index (κ1) is 26.2. The molecule has 1 aromatic carbocycles. The highest BCUT2D eigenvalue weighted by molar-refractivity contribution is 5.99. The first-order valence-electron chi connectivity index (χ1n) is 11.8. The number of carbonyl (C=O) groups excluding carboxylic acids is 3. The van der Waals surface area contributed by atoms with Gasteiger partial charge in [0.25, 0.3) is 11.8 Å². The second-order valence-corrected chi connectivity index (χ2v) is 8.76. The third-order valence-corrected chi connectivity index (χ3v) is 6.50. The maximum Gasteiger partial charge on any atom is 0.307 e. The van der Waals surface area contributed by atoms with Crippen molar-refractivity contribution in [2.45, 2.75) is 44.1 Å². The van der Waals surface area contributed by atoms with Crippen LogP contribution in [0.15, 0.2) is 47.5 Å². The summed E-state index contributed by atoms with van der Waals surface area (Å²) >= 11 is 0. The number of pyridine rings is 1. The molecule has 188 valence electrons. The van der Waals surface area contributed by atoms with Gasteiger partial charge >= 0.3 is 5.97 Å². The van der Waals surface area contributed by atoms with Gasteiger partial charge in [-0.25, -0.2) is 0 Å². The second kappa shape index (κ2) is 12.3. The lowest BCUT2D eigenvalue weighted by Gasteiger charge is -2.30. The molecule has 0 saturated heterocycles. The molecule has 0 bridgehead atoms. The second-order valence-electron chi connectivity index (χ2n) is 8.76. The molecule has 1 aliphatic rings. The topological polar surface area (TPSA) is 116 Å². The summed E-state index contributed by atoms with van der Waals surface area (Å²) in [5, 5.41) is 5.50. The van der Waals surface area contributed by atoms with Crippen LogP contribution in [0, 0.1) is 0 Å². The predicted octanol–water partition coefficient (Wildman–Crippen LogP) is 2.03. The first-order chi connectivity index (χ1) is 16.9. The fourth-order valence-electron chi connectivity index (χ4n) is 4.51. The summed E-state index contributed by atoms with van der Waals surface area (Å²) in [5.74, 6) is -1.65. The maximum atomic E-state index is 13.2. The van der Waals surface area contributed by atoms with Crippen LogP contribution in [0.3, 0.4) is 0 Å². The normalized spacial score (nSPS) is 14.3. The number of rotatable bonds is 11. The Hall–Kier alpha value is -3.46. The summed E-state index contributed by atoms with van der Waals surface area (Å²) < 4.78 is 11.3. The Balaban J connectivity index is 1.81. The average Bonchev–Trinajstić information content (AvgIpc) is 3.37. The fraction of sp³-hybridized carbons (Fsp3) is 0.462. The third kappa shape index (κ3) is 6.57. The molecular weight excluding hydrogens is 450 g/mol.